The molecule has 0 heterocycles. The van der Waals surface area contributed by atoms with Crippen LogP contribution in [0, 0.1) is 22.9 Å². The molecule has 1 atom stereocenters. The van der Waals surface area contributed by atoms with Crippen molar-refractivity contribution in [2.75, 3.05) is 5.32 Å². The van der Waals surface area contributed by atoms with Gasteiger partial charge in [-0.05, 0) is 94.0 Å². The number of nitrogens with zero attached hydrogens (tertiary/aromatic N) is 1. The quantitative estimate of drug-likeness (QED) is 0.104. The number of amides is 1. The molecular formula is C34H36F3N3O5. The molecule has 0 aliphatic heterocycles. The minimum atomic E-state index is -1.27. The van der Waals surface area contributed by atoms with Crippen LogP contribution in [-0.2, 0) is 20.8 Å². The molecular weight excluding hydrogens is 587 g/mol. The fourth-order valence-electron chi connectivity index (χ4n) is 5.02. The van der Waals surface area contributed by atoms with Crippen molar-refractivity contribution in [2.45, 2.75) is 77.2 Å². The van der Waals surface area contributed by atoms with Crippen LogP contribution in [0.5, 0.6) is 0 Å². The number of ether oxygens (including phenoxy) is 2. The topological polar surface area (TPSA) is 109 Å². The fourth-order valence-corrected chi connectivity index (χ4v) is 5.02. The minimum absolute atomic E-state index is 0.00456. The molecule has 0 aromatic heterocycles. The predicted octanol–water partition coefficient (Wildman–Crippen LogP) is 7.73. The molecule has 2 N–H and O–H groups in total. The van der Waals surface area contributed by atoms with Gasteiger partial charge in [-0.3, -0.25) is 15.1 Å². The van der Waals surface area contributed by atoms with E-state index in [1.54, 1.807) is 51.1 Å². The molecule has 1 aliphatic carbocycles. The van der Waals surface area contributed by atoms with Crippen molar-refractivity contribution in [1.29, 1.82) is 5.41 Å². The van der Waals surface area contributed by atoms with E-state index in [4.69, 9.17) is 14.9 Å². The summed E-state index contributed by atoms with van der Waals surface area (Å²) in [4.78, 5) is 40.7. The number of nitrogens with one attached hydrogen (secondary N) is 2. The maximum atomic E-state index is 15.3. The summed E-state index contributed by atoms with van der Waals surface area (Å²) in [6, 6.07) is 13.9. The number of anilines is 1. The number of rotatable bonds is 10. The van der Waals surface area contributed by atoms with Gasteiger partial charge in [0.25, 0.3) is 0 Å². The van der Waals surface area contributed by atoms with E-state index in [-0.39, 0.29) is 17.2 Å². The van der Waals surface area contributed by atoms with Gasteiger partial charge in [0.2, 0.25) is 0 Å². The molecule has 238 valence electrons. The number of esters is 1. The number of benzene rings is 3. The molecule has 1 saturated carbocycles. The zero-order valence-electron chi connectivity index (χ0n) is 25.4. The largest absolute Gasteiger partial charge is 0.461 e. The number of ketones is 1. The standard InChI is InChI=1S/C34H36F3N3O5/c1-34(2,3)45-33(43)40(31(23-9-5-4-6-10-23)32(42)44-25-11-7-8-12-25)20-21-17-26(36)30(27(37)18-21)39-29(38)19-28(41)22-13-15-24(35)16-14-22/h4-6,9-10,13-18,25,31H,7-8,11-12,19-20H2,1-3H3,(H2,38,39)/t31-/m0/s1. The lowest BCUT2D eigenvalue weighted by atomic mass is 10.0. The van der Waals surface area contributed by atoms with Crippen molar-refractivity contribution in [1.82, 2.24) is 4.90 Å². The first kappa shape index (κ1) is 33.2. The van der Waals surface area contributed by atoms with E-state index >= 15 is 8.78 Å². The summed E-state index contributed by atoms with van der Waals surface area (Å²) in [6.07, 6.45) is 1.55. The Labute approximate surface area is 260 Å². The van der Waals surface area contributed by atoms with Crippen LogP contribution in [-0.4, -0.2) is 40.3 Å². The van der Waals surface area contributed by atoms with Crippen LogP contribution in [0.15, 0.2) is 66.7 Å². The third kappa shape index (κ3) is 9.17. The molecule has 0 radical (unpaired) electrons. The zero-order valence-corrected chi connectivity index (χ0v) is 25.4. The van der Waals surface area contributed by atoms with Gasteiger partial charge in [-0.1, -0.05) is 30.3 Å². The molecule has 0 bridgehead atoms. The van der Waals surface area contributed by atoms with Crippen LogP contribution < -0.4 is 5.32 Å². The van der Waals surface area contributed by atoms with Crippen molar-refractivity contribution in [2.24, 2.45) is 0 Å². The Morgan fingerprint density at radius 3 is 2.13 bits per heavy atom. The Bertz CT molecular complexity index is 1510. The van der Waals surface area contributed by atoms with Crippen molar-refractivity contribution >= 4 is 29.4 Å². The Balaban J connectivity index is 1.60. The van der Waals surface area contributed by atoms with E-state index in [0.717, 1.165) is 42.0 Å². The summed E-state index contributed by atoms with van der Waals surface area (Å²) >= 11 is 0. The molecule has 1 aliphatic rings. The Kier molecular flexibility index (Phi) is 10.6. The van der Waals surface area contributed by atoms with Gasteiger partial charge in [0.05, 0.1) is 13.0 Å². The monoisotopic (exact) mass is 623 g/mol. The van der Waals surface area contributed by atoms with Gasteiger partial charge < -0.3 is 14.8 Å². The summed E-state index contributed by atoms with van der Waals surface area (Å²) in [5.74, 6) is -4.42. The van der Waals surface area contributed by atoms with Crippen LogP contribution in [0.1, 0.15) is 80.4 Å². The summed E-state index contributed by atoms with van der Waals surface area (Å²) in [5, 5.41) is 10.4. The van der Waals surface area contributed by atoms with Crippen molar-refractivity contribution in [3.05, 3.63) is 101 Å². The first-order valence-electron chi connectivity index (χ1n) is 14.7. The molecule has 0 unspecified atom stereocenters. The van der Waals surface area contributed by atoms with E-state index in [9.17, 15) is 18.8 Å². The molecule has 0 saturated heterocycles. The second-order valence-electron chi connectivity index (χ2n) is 11.9. The lowest BCUT2D eigenvalue weighted by Crippen LogP contribution is -2.43. The maximum absolute atomic E-state index is 15.3. The van der Waals surface area contributed by atoms with Crippen LogP contribution in [0.4, 0.5) is 23.7 Å². The lowest BCUT2D eigenvalue weighted by Gasteiger charge is -2.33. The van der Waals surface area contributed by atoms with Crippen molar-refractivity contribution in [3.63, 3.8) is 0 Å². The van der Waals surface area contributed by atoms with Crippen LogP contribution in [0.3, 0.4) is 0 Å². The highest BCUT2D eigenvalue weighted by Gasteiger charge is 2.37. The number of hydrogen-bond acceptors (Lipinski definition) is 6. The Morgan fingerprint density at radius 1 is 0.956 bits per heavy atom. The third-order valence-corrected chi connectivity index (χ3v) is 7.10. The molecule has 3 aromatic rings. The molecule has 8 nitrogen and oxygen atoms in total. The second-order valence-corrected chi connectivity index (χ2v) is 11.9. The summed E-state index contributed by atoms with van der Waals surface area (Å²) in [5.41, 5.74) is -1.03. The Morgan fingerprint density at radius 2 is 1.56 bits per heavy atom. The van der Waals surface area contributed by atoms with Crippen molar-refractivity contribution < 1.29 is 37.0 Å². The smallest absolute Gasteiger partial charge is 0.411 e. The van der Waals surface area contributed by atoms with Gasteiger partial charge >= 0.3 is 12.1 Å². The van der Waals surface area contributed by atoms with Gasteiger partial charge in [-0.25, -0.2) is 22.8 Å². The highest BCUT2D eigenvalue weighted by atomic mass is 19.1. The van der Waals surface area contributed by atoms with Gasteiger partial charge in [0, 0.05) is 5.56 Å². The van der Waals surface area contributed by atoms with Crippen molar-refractivity contribution in [3.8, 4) is 0 Å². The molecule has 4 rings (SSSR count). The minimum Gasteiger partial charge on any atom is -0.461 e. The Hall–Kier alpha value is -4.67. The number of carbonyl (C=O) groups excluding carboxylic acids is 3. The van der Waals surface area contributed by atoms with Crippen LogP contribution in [0.2, 0.25) is 0 Å². The normalized spacial score (nSPS) is 14.0. The lowest BCUT2D eigenvalue weighted by molar-refractivity contribution is -0.155. The molecule has 45 heavy (non-hydrogen) atoms. The number of amidine groups is 1. The van der Waals surface area contributed by atoms with E-state index < -0.39 is 71.4 Å². The third-order valence-electron chi connectivity index (χ3n) is 7.10. The van der Waals surface area contributed by atoms with Gasteiger partial charge in [-0.15, -0.1) is 0 Å². The summed E-state index contributed by atoms with van der Waals surface area (Å²) in [7, 11) is 0. The molecule has 3 aromatic carbocycles. The first-order chi connectivity index (χ1) is 21.3. The average molecular weight is 624 g/mol. The second kappa shape index (κ2) is 14.4. The highest BCUT2D eigenvalue weighted by Crippen LogP contribution is 2.31. The predicted molar refractivity (Wildman–Crippen MR) is 162 cm³/mol. The number of Topliss-reactive ketones (excluding diaryl/α,β-unsaturated/α-hetero) is 1. The number of carbonyl (C=O) groups is 3. The first-order valence-corrected chi connectivity index (χ1v) is 14.7. The van der Waals surface area contributed by atoms with Gasteiger partial charge in [0.1, 0.15) is 40.7 Å². The SMILES string of the molecule is CC(C)(C)OC(=O)N(Cc1cc(F)c(NC(=N)CC(=O)c2ccc(F)cc2)c(F)c1)[C@H](C(=O)OC1CCCC1)c1ccccc1. The van der Waals surface area contributed by atoms with E-state index in [0.29, 0.717) is 18.4 Å². The van der Waals surface area contributed by atoms with E-state index in [1.807, 2.05) is 0 Å². The van der Waals surface area contributed by atoms with Gasteiger partial charge in [0.15, 0.2) is 11.8 Å². The average Bonchev–Trinajstić information content (AvgIpc) is 3.47. The molecule has 0 spiro atoms. The van der Waals surface area contributed by atoms with Gasteiger partial charge in [-0.2, -0.15) is 0 Å². The highest BCUT2D eigenvalue weighted by molar-refractivity contribution is 6.12. The van der Waals surface area contributed by atoms with Crippen LogP contribution >= 0.6 is 0 Å². The van der Waals surface area contributed by atoms with E-state index in [1.165, 1.54) is 12.1 Å². The maximum Gasteiger partial charge on any atom is 0.411 e. The number of hydrogen-bond donors (Lipinski definition) is 2. The summed E-state index contributed by atoms with van der Waals surface area (Å²) in [6.45, 7) is 4.57. The fraction of sp³-hybridized carbons (Fsp3) is 0.353. The summed E-state index contributed by atoms with van der Waals surface area (Å²) < 4.78 is 55.2. The molecule has 11 heteroatoms. The number of halogens is 3. The van der Waals surface area contributed by atoms with Crippen LogP contribution in [0.25, 0.3) is 0 Å². The molecule has 1 fully saturated rings. The van der Waals surface area contributed by atoms with E-state index in [2.05, 4.69) is 5.32 Å². The molecule has 1 amide bonds. The zero-order chi connectivity index (χ0) is 32.7.